The van der Waals surface area contributed by atoms with Crippen LogP contribution in [0.5, 0.6) is 0 Å². The average molecular weight is 235 g/mol. The van der Waals surface area contributed by atoms with E-state index in [0.29, 0.717) is 6.54 Å². The Morgan fingerprint density at radius 2 is 1.65 bits per heavy atom. The third kappa shape index (κ3) is 4.49. The largest absolute Gasteiger partial charge is 0.389 e. The Bertz CT molecular complexity index is 330. The van der Waals surface area contributed by atoms with E-state index in [4.69, 9.17) is 0 Å². The molecule has 0 bridgehead atoms. The zero-order valence-corrected chi connectivity index (χ0v) is 11.5. The second kappa shape index (κ2) is 5.65. The van der Waals surface area contributed by atoms with Crippen molar-refractivity contribution in [2.75, 3.05) is 13.1 Å². The van der Waals surface area contributed by atoms with Gasteiger partial charge in [-0.25, -0.2) is 0 Å². The van der Waals surface area contributed by atoms with Gasteiger partial charge in [0.05, 0.1) is 5.60 Å². The summed E-state index contributed by atoms with van der Waals surface area (Å²) in [5.41, 5.74) is 0.807. The molecule has 0 heterocycles. The fourth-order valence-corrected chi connectivity index (χ4v) is 1.76. The zero-order valence-electron chi connectivity index (χ0n) is 11.5. The fraction of sp³-hybridized carbons (Fsp3) is 0.600. The van der Waals surface area contributed by atoms with E-state index in [-0.39, 0.29) is 5.41 Å². The van der Waals surface area contributed by atoms with Gasteiger partial charge in [0.2, 0.25) is 0 Å². The van der Waals surface area contributed by atoms with Crippen molar-refractivity contribution in [2.45, 2.75) is 45.1 Å². The molecule has 1 unspecified atom stereocenters. The molecule has 0 saturated heterocycles. The smallest absolute Gasteiger partial charge is 0.0740 e. The number of nitrogens with one attached hydrogen (secondary N) is 1. The molecular formula is C15H25NO. The molecule has 2 N–H and O–H groups in total. The summed E-state index contributed by atoms with van der Waals surface area (Å²) in [5.74, 6) is 0. The van der Waals surface area contributed by atoms with Crippen LogP contribution < -0.4 is 5.32 Å². The van der Waals surface area contributed by atoms with Crippen LogP contribution in [0, 0.1) is 0 Å². The van der Waals surface area contributed by atoms with Gasteiger partial charge < -0.3 is 10.4 Å². The molecule has 0 spiro atoms. The van der Waals surface area contributed by atoms with Crippen molar-refractivity contribution in [3.05, 3.63) is 35.9 Å². The predicted octanol–water partition coefficient (Wildman–Crippen LogP) is 2.71. The van der Waals surface area contributed by atoms with Gasteiger partial charge in [0.15, 0.2) is 0 Å². The summed E-state index contributed by atoms with van der Waals surface area (Å²) in [5, 5.41) is 13.3. The lowest BCUT2D eigenvalue weighted by Crippen LogP contribution is -2.42. The van der Waals surface area contributed by atoms with Gasteiger partial charge in [-0.2, -0.15) is 0 Å². The van der Waals surface area contributed by atoms with Gasteiger partial charge in [-0.15, -0.1) is 0 Å². The molecule has 1 atom stereocenters. The number of hydrogen-bond donors (Lipinski definition) is 2. The zero-order chi connectivity index (χ0) is 12.9. The highest BCUT2D eigenvalue weighted by atomic mass is 16.3. The van der Waals surface area contributed by atoms with Crippen LogP contribution in [0.2, 0.25) is 0 Å². The van der Waals surface area contributed by atoms with Gasteiger partial charge >= 0.3 is 0 Å². The highest BCUT2D eigenvalue weighted by molar-refractivity contribution is 5.23. The van der Waals surface area contributed by atoms with E-state index in [1.165, 1.54) is 5.56 Å². The topological polar surface area (TPSA) is 32.3 Å². The maximum Gasteiger partial charge on any atom is 0.0740 e. The first-order valence-corrected chi connectivity index (χ1v) is 6.36. The van der Waals surface area contributed by atoms with E-state index in [2.05, 4.69) is 43.4 Å². The van der Waals surface area contributed by atoms with E-state index in [1.807, 2.05) is 19.9 Å². The van der Waals surface area contributed by atoms with Crippen molar-refractivity contribution in [3.63, 3.8) is 0 Å². The number of rotatable bonds is 6. The van der Waals surface area contributed by atoms with Crippen molar-refractivity contribution in [3.8, 4) is 0 Å². The first kappa shape index (κ1) is 14.2. The Kier molecular flexibility index (Phi) is 4.72. The molecule has 0 aliphatic heterocycles. The minimum absolute atomic E-state index is 0.0884. The van der Waals surface area contributed by atoms with Crippen molar-refractivity contribution in [2.24, 2.45) is 0 Å². The van der Waals surface area contributed by atoms with Gasteiger partial charge in [-0.05, 0) is 18.9 Å². The summed E-state index contributed by atoms with van der Waals surface area (Å²) in [6.07, 6.45) is 0.770. The van der Waals surface area contributed by atoms with E-state index < -0.39 is 5.60 Å². The van der Waals surface area contributed by atoms with E-state index in [1.54, 1.807) is 0 Å². The van der Waals surface area contributed by atoms with Crippen LogP contribution in [0.1, 0.15) is 39.7 Å². The molecule has 0 aromatic heterocycles. The molecule has 2 nitrogen and oxygen atoms in total. The minimum Gasteiger partial charge on any atom is -0.389 e. The molecule has 1 aromatic carbocycles. The van der Waals surface area contributed by atoms with Gasteiger partial charge in [0.25, 0.3) is 0 Å². The number of benzene rings is 1. The summed E-state index contributed by atoms with van der Waals surface area (Å²) in [7, 11) is 0. The van der Waals surface area contributed by atoms with Crippen molar-refractivity contribution in [1.29, 1.82) is 0 Å². The highest BCUT2D eigenvalue weighted by Crippen LogP contribution is 2.21. The summed E-state index contributed by atoms with van der Waals surface area (Å²) in [6, 6.07) is 10.5. The quantitative estimate of drug-likeness (QED) is 0.794. The second-order valence-corrected chi connectivity index (χ2v) is 5.70. The van der Waals surface area contributed by atoms with Crippen LogP contribution in [-0.4, -0.2) is 23.8 Å². The lowest BCUT2D eigenvalue weighted by molar-refractivity contribution is 0.0548. The molecule has 2 heteroatoms. The first-order chi connectivity index (χ1) is 7.87. The van der Waals surface area contributed by atoms with Crippen LogP contribution in [0.4, 0.5) is 0 Å². The molecule has 1 rings (SSSR count). The molecule has 17 heavy (non-hydrogen) atoms. The molecule has 0 fully saturated rings. The second-order valence-electron chi connectivity index (χ2n) is 5.70. The Balaban J connectivity index is 2.51. The van der Waals surface area contributed by atoms with Crippen molar-refractivity contribution < 1.29 is 5.11 Å². The summed E-state index contributed by atoms with van der Waals surface area (Å²) < 4.78 is 0. The fourth-order valence-electron chi connectivity index (χ4n) is 1.76. The van der Waals surface area contributed by atoms with Crippen molar-refractivity contribution in [1.82, 2.24) is 5.32 Å². The van der Waals surface area contributed by atoms with E-state index in [0.717, 1.165) is 13.0 Å². The van der Waals surface area contributed by atoms with E-state index >= 15 is 0 Å². The lowest BCUT2D eigenvalue weighted by atomic mass is 9.84. The Morgan fingerprint density at radius 1 is 1.06 bits per heavy atom. The summed E-state index contributed by atoms with van der Waals surface area (Å²) in [6.45, 7) is 9.82. The molecular weight excluding hydrogens is 210 g/mol. The molecule has 1 aromatic rings. The average Bonchev–Trinajstić information content (AvgIpc) is 2.30. The maximum absolute atomic E-state index is 9.93. The SMILES string of the molecule is CCC(C)(O)CNCC(C)(C)c1ccccc1. The molecule has 96 valence electrons. The predicted molar refractivity (Wildman–Crippen MR) is 73.3 cm³/mol. The lowest BCUT2D eigenvalue weighted by Gasteiger charge is -2.29. The molecule has 0 aliphatic carbocycles. The number of hydrogen-bond acceptors (Lipinski definition) is 2. The normalized spacial score (nSPS) is 15.6. The van der Waals surface area contributed by atoms with Gasteiger partial charge in [0, 0.05) is 18.5 Å². The van der Waals surface area contributed by atoms with Gasteiger partial charge in [0.1, 0.15) is 0 Å². The Hall–Kier alpha value is -0.860. The van der Waals surface area contributed by atoms with E-state index in [9.17, 15) is 5.11 Å². The summed E-state index contributed by atoms with van der Waals surface area (Å²) in [4.78, 5) is 0. The van der Waals surface area contributed by atoms with Crippen LogP contribution >= 0.6 is 0 Å². The van der Waals surface area contributed by atoms with Crippen LogP contribution in [-0.2, 0) is 5.41 Å². The molecule has 0 radical (unpaired) electrons. The first-order valence-electron chi connectivity index (χ1n) is 6.36. The third-order valence-corrected chi connectivity index (χ3v) is 3.39. The maximum atomic E-state index is 9.93. The molecule has 0 aliphatic rings. The van der Waals surface area contributed by atoms with Crippen LogP contribution in [0.15, 0.2) is 30.3 Å². The Labute approximate surface area is 105 Å². The third-order valence-electron chi connectivity index (χ3n) is 3.39. The minimum atomic E-state index is -0.604. The Morgan fingerprint density at radius 3 is 2.18 bits per heavy atom. The van der Waals surface area contributed by atoms with Gasteiger partial charge in [-0.1, -0.05) is 51.1 Å². The van der Waals surface area contributed by atoms with Crippen molar-refractivity contribution >= 4 is 0 Å². The van der Waals surface area contributed by atoms with Crippen LogP contribution in [0.25, 0.3) is 0 Å². The van der Waals surface area contributed by atoms with Gasteiger partial charge in [-0.3, -0.25) is 0 Å². The standard InChI is InChI=1S/C15H25NO/c1-5-15(4,17)12-16-11-14(2,3)13-9-7-6-8-10-13/h6-10,16-17H,5,11-12H2,1-4H3. The summed E-state index contributed by atoms with van der Waals surface area (Å²) >= 11 is 0. The monoisotopic (exact) mass is 235 g/mol. The van der Waals surface area contributed by atoms with Crippen LogP contribution in [0.3, 0.4) is 0 Å². The molecule has 0 amide bonds. The molecule has 0 saturated carbocycles. The number of aliphatic hydroxyl groups is 1. The highest BCUT2D eigenvalue weighted by Gasteiger charge is 2.22.